The summed E-state index contributed by atoms with van der Waals surface area (Å²) in [6.45, 7) is 5.87. The van der Waals surface area contributed by atoms with Gasteiger partial charge in [0.15, 0.2) is 0 Å². The van der Waals surface area contributed by atoms with Crippen molar-refractivity contribution < 1.29 is 4.79 Å². The first kappa shape index (κ1) is 17.8. The van der Waals surface area contributed by atoms with Crippen molar-refractivity contribution in [3.05, 3.63) is 45.7 Å². The van der Waals surface area contributed by atoms with E-state index < -0.39 is 0 Å². The van der Waals surface area contributed by atoms with Crippen molar-refractivity contribution in [3.8, 4) is 0 Å². The standard InChI is InChI=1S/C16H20Cl2N4O/c1-4-22-11(2)12(8-19-22)9-21(3)10-16(23)20-13-5-6-14(17)15(18)7-13/h5-8H,4,9-10H2,1-3H3,(H,20,23). The molecule has 23 heavy (non-hydrogen) atoms. The predicted molar refractivity (Wildman–Crippen MR) is 94.1 cm³/mol. The Morgan fingerprint density at radius 2 is 2.09 bits per heavy atom. The Bertz CT molecular complexity index is 699. The molecule has 1 aromatic carbocycles. The van der Waals surface area contributed by atoms with Crippen LogP contribution >= 0.6 is 23.2 Å². The fourth-order valence-corrected chi connectivity index (χ4v) is 2.62. The van der Waals surface area contributed by atoms with E-state index in [1.54, 1.807) is 18.2 Å². The van der Waals surface area contributed by atoms with E-state index in [9.17, 15) is 4.79 Å². The van der Waals surface area contributed by atoms with Gasteiger partial charge in [-0.3, -0.25) is 14.4 Å². The van der Waals surface area contributed by atoms with Crippen LogP contribution < -0.4 is 5.32 Å². The molecule has 0 aliphatic heterocycles. The summed E-state index contributed by atoms with van der Waals surface area (Å²) in [4.78, 5) is 14.0. The number of aromatic nitrogens is 2. The fraction of sp³-hybridized carbons (Fsp3) is 0.375. The normalized spacial score (nSPS) is 11.0. The number of nitrogens with one attached hydrogen (secondary N) is 1. The number of benzene rings is 1. The molecule has 0 atom stereocenters. The van der Waals surface area contributed by atoms with E-state index >= 15 is 0 Å². The Balaban J connectivity index is 1.91. The lowest BCUT2D eigenvalue weighted by atomic mass is 10.2. The van der Waals surface area contributed by atoms with Crippen molar-refractivity contribution >= 4 is 34.8 Å². The van der Waals surface area contributed by atoms with Crippen LogP contribution in [0.15, 0.2) is 24.4 Å². The van der Waals surface area contributed by atoms with E-state index in [-0.39, 0.29) is 12.5 Å². The van der Waals surface area contributed by atoms with Crippen molar-refractivity contribution in [1.82, 2.24) is 14.7 Å². The molecule has 0 bridgehead atoms. The molecule has 0 aliphatic rings. The quantitative estimate of drug-likeness (QED) is 0.862. The molecule has 7 heteroatoms. The van der Waals surface area contributed by atoms with Crippen molar-refractivity contribution in [2.24, 2.45) is 0 Å². The van der Waals surface area contributed by atoms with Crippen LogP contribution in [0.5, 0.6) is 0 Å². The Morgan fingerprint density at radius 3 is 2.70 bits per heavy atom. The van der Waals surface area contributed by atoms with Crippen molar-refractivity contribution in [3.63, 3.8) is 0 Å². The number of anilines is 1. The first-order chi connectivity index (χ1) is 10.9. The van der Waals surface area contributed by atoms with Gasteiger partial charge in [-0.1, -0.05) is 23.2 Å². The summed E-state index contributed by atoms with van der Waals surface area (Å²) in [6, 6.07) is 5.02. The molecule has 0 fully saturated rings. The van der Waals surface area contributed by atoms with Crippen LogP contribution in [0, 0.1) is 6.92 Å². The van der Waals surface area contributed by atoms with Crippen molar-refractivity contribution in [2.75, 3.05) is 18.9 Å². The average Bonchev–Trinajstić information content (AvgIpc) is 2.83. The molecule has 0 unspecified atom stereocenters. The highest BCUT2D eigenvalue weighted by molar-refractivity contribution is 6.42. The summed E-state index contributed by atoms with van der Waals surface area (Å²) in [6.07, 6.45) is 1.85. The molecule has 1 heterocycles. The van der Waals surface area contributed by atoms with Crippen LogP contribution in [0.4, 0.5) is 5.69 Å². The minimum atomic E-state index is -0.105. The molecule has 1 N–H and O–H groups in total. The lowest BCUT2D eigenvalue weighted by Crippen LogP contribution is -2.30. The lowest BCUT2D eigenvalue weighted by Gasteiger charge is -2.16. The number of rotatable bonds is 6. The second-order valence-corrected chi connectivity index (χ2v) is 6.23. The predicted octanol–water partition coefficient (Wildman–Crippen LogP) is 3.59. The number of amides is 1. The van der Waals surface area contributed by atoms with Gasteiger partial charge in [-0.15, -0.1) is 0 Å². The monoisotopic (exact) mass is 354 g/mol. The summed E-state index contributed by atoms with van der Waals surface area (Å²) >= 11 is 11.8. The van der Waals surface area contributed by atoms with Crippen molar-refractivity contribution in [1.29, 1.82) is 0 Å². The van der Waals surface area contributed by atoms with E-state index in [1.807, 2.05) is 29.7 Å². The molecule has 0 spiro atoms. The average molecular weight is 355 g/mol. The molecule has 1 aromatic heterocycles. The number of aryl methyl sites for hydroxylation is 1. The van der Waals surface area contributed by atoms with Crippen LogP contribution in [0.1, 0.15) is 18.2 Å². The van der Waals surface area contributed by atoms with Crippen LogP contribution in [-0.2, 0) is 17.9 Å². The lowest BCUT2D eigenvalue weighted by molar-refractivity contribution is -0.117. The van der Waals surface area contributed by atoms with Gasteiger partial charge >= 0.3 is 0 Å². The van der Waals surface area contributed by atoms with E-state index in [0.29, 0.717) is 22.3 Å². The number of carbonyl (C=O) groups is 1. The van der Waals surface area contributed by atoms with Gasteiger partial charge in [-0.05, 0) is 39.1 Å². The van der Waals surface area contributed by atoms with Gasteiger partial charge in [-0.25, -0.2) is 0 Å². The Kier molecular flexibility index (Phi) is 6.04. The highest BCUT2D eigenvalue weighted by Crippen LogP contribution is 2.24. The highest BCUT2D eigenvalue weighted by Gasteiger charge is 2.12. The Labute approximate surface area is 146 Å². The molecular formula is C16H20Cl2N4O. The molecule has 0 saturated carbocycles. The second kappa shape index (κ2) is 7.81. The summed E-state index contributed by atoms with van der Waals surface area (Å²) in [5.74, 6) is -0.105. The van der Waals surface area contributed by atoms with Crippen LogP contribution in [0.25, 0.3) is 0 Å². The van der Waals surface area contributed by atoms with E-state index in [2.05, 4.69) is 17.3 Å². The summed E-state index contributed by atoms with van der Waals surface area (Å²) < 4.78 is 1.94. The van der Waals surface area contributed by atoms with E-state index in [4.69, 9.17) is 23.2 Å². The second-order valence-electron chi connectivity index (χ2n) is 5.42. The number of carbonyl (C=O) groups excluding carboxylic acids is 1. The molecule has 5 nitrogen and oxygen atoms in total. The third kappa shape index (κ3) is 4.70. The van der Waals surface area contributed by atoms with Gasteiger partial charge < -0.3 is 5.32 Å². The topological polar surface area (TPSA) is 50.2 Å². The van der Waals surface area contributed by atoms with Crippen LogP contribution in [0.2, 0.25) is 10.0 Å². The van der Waals surface area contributed by atoms with E-state index in [1.165, 1.54) is 0 Å². The molecule has 2 aromatic rings. The first-order valence-corrected chi connectivity index (χ1v) is 8.11. The summed E-state index contributed by atoms with van der Waals surface area (Å²) in [5, 5.41) is 8.01. The Hall–Kier alpha value is -1.56. The zero-order valence-corrected chi connectivity index (χ0v) is 14.9. The number of halogens is 2. The number of likely N-dealkylation sites (N-methyl/N-ethyl adjacent to an activating group) is 1. The SMILES string of the molecule is CCn1ncc(CN(C)CC(=O)Nc2ccc(Cl)c(Cl)c2)c1C. The van der Waals surface area contributed by atoms with Gasteiger partial charge in [0.25, 0.3) is 0 Å². The molecular weight excluding hydrogens is 335 g/mol. The molecule has 124 valence electrons. The van der Waals surface area contributed by atoms with Crippen LogP contribution in [-0.4, -0.2) is 34.2 Å². The largest absolute Gasteiger partial charge is 0.325 e. The molecule has 0 radical (unpaired) electrons. The fourth-order valence-electron chi connectivity index (χ4n) is 2.33. The maximum atomic E-state index is 12.1. The minimum absolute atomic E-state index is 0.105. The first-order valence-electron chi connectivity index (χ1n) is 7.35. The zero-order chi connectivity index (χ0) is 17.0. The number of nitrogens with zero attached hydrogens (tertiary/aromatic N) is 3. The number of hydrogen-bond acceptors (Lipinski definition) is 3. The third-order valence-electron chi connectivity index (χ3n) is 3.56. The maximum Gasteiger partial charge on any atom is 0.238 e. The Morgan fingerprint density at radius 1 is 1.35 bits per heavy atom. The molecule has 0 saturated heterocycles. The van der Waals surface area contributed by atoms with Gasteiger partial charge in [0.2, 0.25) is 5.91 Å². The summed E-state index contributed by atoms with van der Waals surface area (Å²) in [7, 11) is 1.90. The van der Waals surface area contributed by atoms with E-state index in [0.717, 1.165) is 17.8 Å². The smallest absolute Gasteiger partial charge is 0.238 e. The zero-order valence-electron chi connectivity index (χ0n) is 13.4. The van der Waals surface area contributed by atoms with Gasteiger partial charge in [-0.2, -0.15) is 5.10 Å². The minimum Gasteiger partial charge on any atom is -0.325 e. The molecule has 1 amide bonds. The maximum absolute atomic E-state index is 12.1. The van der Waals surface area contributed by atoms with Gasteiger partial charge in [0.1, 0.15) is 0 Å². The molecule has 0 aliphatic carbocycles. The highest BCUT2D eigenvalue weighted by atomic mass is 35.5. The van der Waals surface area contributed by atoms with Crippen LogP contribution in [0.3, 0.4) is 0 Å². The third-order valence-corrected chi connectivity index (χ3v) is 4.30. The number of hydrogen-bond donors (Lipinski definition) is 1. The van der Waals surface area contributed by atoms with Gasteiger partial charge in [0, 0.05) is 30.0 Å². The van der Waals surface area contributed by atoms with Gasteiger partial charge in [0.05, 0.1) is 22.8 Å². The van der Waals surface area contributed by atoms with Crippen molar-refractivity contribution in [2.45, 2.75) is 26.9 Å². The molecule has 2 rings (SSSR count). The summed E-state index contributed by atoms with van der Waals surface area (Å²) in [5.41, 5.74) is 2.88.